The first-order chi connectivity index (χ1) is 4.20. The molecule has 0 spiro atoms. The fraction of sp³-hybridized carbons (Fsp3) is 0.400. The van der Waals surface area contributed by atoms with Crippen LogP contribution in [0.25, 0.3) is 0 Å². The van der Waals surface area contributed by atoms with Gasteiger partial charge >= 0.3 is 0 Å². The Bertz CT molecular complexity index is 234. The molecule has 0 aliphatic rings. The smallest absolute Gasteiger partial charge is 0.174 e. The highest BCUT2D eigenvalue weighted by Crippen LogP contribution is 2.02. The van der Waals surface area contributed by atoms with Gasteiger partial charge in [-0.15, -0.1) is 0 Å². The highest BCUT2D eigenvalue weighted by molar-refractivity contribution is 7.71. The Morgan fingerprint density at radius 3 is 2.67 bits per heavy atom. The van der Waals surface area contributed by atoms with Crippen molar-refractivity contribution in [2.45, 2.75) is 13.0 Å². The molecule has 9 heavy (non-hydrogen) atoms. The van der Waals surface area contributed by atoms with Gasteiger partial charge in [-0.25, -0.2) is 0 Å². The quantitative estimate of drug-likeness (QED) is 0.515. The summed E-state index contributed by atoms with van der Waals surface area (Å²) >= 11 is 4.79. The third-order valence-electron chi connectivity index (χ3n) is 1.11. The van der Waals surface area contributed by atoms with E-state index in [0.29, 0.717) is 4.77 Å². The molecule has 0 saturated heterocycles. The van der Waals surface area contributed by atoms with Crippen molar-refractivity contribution in [3.05, 3.63) is 16.7 Å². The summed E-state index contributed by atoms with van der Waals surface area (Å²) in [5, 5.41) is 0. The zero-order chi connectivity index (χ0) is 6.85. The molecule has 1 atom stereocenters. The Balaban J connectivity index is 2.98. The van der Waals surface area contributed by atoms with Crippen LogP contribution in [0.4, 0.5) is 0 Å². The summed E-state index contributed by atoms with van der Waals surface area (Å²) in [6, 6.07) is 0.0259. The van der Waals surface area contributed by atoms with Gasteiger partial charge in [-0.2, -0.15) is 0 Å². The monoisotopic (exact) mass is 143 g/mol. The van der Waals surface area contributed by atoms with Gasteiger partial charge in [0.1, 0.15) is 0 Å². The minimum atomic E-state index is 0.0259. The zero-order valence-electron chi connectivity index (χ0n) is 5.14. The molecule has 1 aromatic rings. The summed E-state index contributed by atoms with van der Waals surface area (Å²) < 4.78 is 0.627. The molecule has 0 saturated carbocycles. The van der Waals surface area contributed by atoms with Gasteiger partial charge in [-0.3, -0.25) is 0 Å². The first-order valence-electron chi connectivity index (χ1n) is 2.73. The lowest BCUT2D eigenvalue weighted by Gasteiger charge is -1.96. The Hall–Kier alpha value is -0.610. The van der Waals surface area contributed by atoms with Crippen molar-refractivity contribution in [2.24, 2.45) is 5.73 Å². The normalized spacial score (nSPS) is 13.6. The number of rotatable bonds is 1. The van der Waals surface area contributed by atoms with E-state index in [4.69, 9.17) is 18.0 Å². The molecule has 1 rings (SSSR count). The van der Waals surface area contributed by atoms with E-state index in [1.54, 1.807) is 6.20 Å². The van der Waals surface area contributed by atoms with Crippen LogP contribution in [0.3, 0.4) is 0 Å². The standard InChI is InChI=1S/C5H9N3S/c1-3(6)4-2-7-5(9)8-4/h2-3H,6H2,1H3,(H2,7,8,9). The number of aromatic nitrogens is 2. The zero-order valence-corrected chi connectivity index (χ0v) is 5.96. The lowest BCUT2D eigenvalue weighted by Crippen LogP contribution is -2.04. The van der Waals surface area contributed by atoms with Crippen LogP contribution in [-0.4, -0.2) is 9.97 Å². The second-order valence-electron chi connectivity index (χ2n) is 1.99. The third kappa shape index (κ3) is 1.40. The largest absolute Gasteiger partial charge is 0.337 e. The van der Waals surface area contributed by atoms with Crippen molar-refractivity contribution in [1.82, 2.24) is 9.97 Å². The molecule has 0 radical (unpaired) electrons. The van der Waals surface area contributed by atoms with Crippen LogP contribution in [-0.2, 0) is 0 Å². The molecule has 1 heterocycles. The lowest BCUT2D eigenvalue weighted by atomic mass is 10.3. The summed E-state index contributed by atoms with van der Waals surface area (Å²) in [7, 11) is 0. The van der Waals surface area contributed by atoms with Crippen molar-refractivity contribution >= 4 is 12.2 Å². The average Bonchev–Trinajstić information content (AvgIpc) is 2.14. The van der Waals surface area contributed by atoms with Crippen molar-refractivity contribution in [3.8, 4) is 0 Å². The predicted molar refractivity (Wildman–Crippen MR) is 38.6 cm³/mol. The number of H-pyrrole nitrogens is 2. The third-order valence-corrected chi connectivity index (χ3v) is 1.33. The van der Waals surface area contributed by atoms with Gasteiger partial charge in [0.2, 0.25) is 0 Å². The van der Waals surface area contributed by atoms with E-state index in [9.17, 15) is 0 Å². The molecule has 4 heteroatoms. The fourth-order valence-electron chi connectivity index (χ4n) is 0.592. The van der Waals surface area contributed by atoms with E-state index >= 15 is 0 Å². The minimum absolute atomic E-state index is 0.0259. The van der Waals surface area contributed by atoms with Crippen molar-refractivity contribution < 1.29 is 0 Å². The second kappa shape index (κ2) is 2.33. The molecule has 0 fully saturated rings. The molecular formula is C5H9N3S. The topological polar surface area (TPSA) is 57.6 Å². The van der Waals surface area contributed by atoms with Crippen molar-refractivity contribution in [3.63, 3.8) is 0 Å². The Labute approximate surface area is 58.3 Å². The van der Waals surface area contributed by atoms with Crippen LogP contribution in [0.15, 0.2) is 6.20 Å². The van der Waals surface area contributed by atoms with Gasteiger partial charge in [0, 0.05) is 17.9 Å². The molecular weight excluding hydrogens is 134 g/mol. The summed E-state index contributed by atoms with van der Waals surface area (Å²) in [6.45, 7) is 1.90. The Kier molecular flexibility index (Phi) is 1.68. The predicted octanol–water partition coefficient (Wildman–Crippen LogP) is 1.09. The van der Waals surface area contributed by atoms with E-state index in [1.807, 2.05) is 6.92 Å². The molecule has 1 unspecified atom stereocenters. The van der Waals surface area contributed by atoms with Crippen LogP contribution < -0.4 is 5.73 Å². The van der Waals surface area contributed by atoms with Gasteiger partial charge in [-0.1, -0.05) is 0 Å². The van der Waals surface area contributed by atoms with Crippen LogP contribution in [0.5, 0.6) is 0 Å². The average molecular weight is 143 g/mol. The summed E-state index contributed by atoms with van der Waals surface area (Å²) in [5.74, 6) is 0. The molecule has 4 N–H and O–H groups in total. The van der Waals surface area contributed by atoms with Crippen LogP contribution in [0.1, 0.15) is 18.7 Å². The van der Waals surface area contributed by atoms with Crippen molar-refractivity contribution in [1.29, 1.82) is 0 Å². The molecule has 0 aliphatic carbocycles. The first kappa shape index (κ1) is 6.51. The minimum Gasteiger partial charge on any atom is -0.337 e. The highest BCUT2D eigenvalue weighted by Gasteiger charge is 1.97. The molecule has 3 nitrogen and oxygen atoms in total. The molecule has 0 aromatic carbocycles. The Morgan fingerprint density at radius 1 is 1.78 bits per heavy atom. The maximum absolute atomic E-state index is 5.53. The van der Waals surface area contributed by atoms with Gasteiger partial charge in [0.15, 0.2) is 4.77 Å². The van der Waals surface area contributed by atoms with Crippen LogP contribution >= 0.6 is 12.2 Å². The maximum Gasteiger partial charge on any atom is 0.174 e. The van der Waals surface area contributed by atoms with Crippen molar-refractivity contribution in [2.75, 3.05) is 0 Å². The van der Waals surface area contributed by atoms with E-state index < -0.39 is 0 Å². The fourth-order valence-corrected chi connectivity index (χ4v) is 0.769. The second-order valence-corrected chi connectivity index (χ2v) is 2.40. The summed E-state index contributed by atoms with van der Waals surface area (Å²) in [6.07, 6.45) is 1.78. The Morgan fingerprint density at radius 2 is 2.44 bits per heavy atom. The lowest BCUT2D eigenvalue weighted by molar-refractivity contribution is 0.788. The van der Waals surface area contributed by atoms with Gasteiger partial charge in [0.05, 0.1) is 0 Å². The molecule has 50 valence electrons. The summed E-state index contributed by atoms with van der Waals surface area (Å²) in [5.41, 5.74) is 6.47. The maximum atomic E-state index is 5.53. The number of nitrogens with one attached hydrogen (secondary N) is 2. The SMILES string of the molecule is CC(N)c1c[nH]c(=S)[nH]1. The van der Waals surface area contributed by atoms with E-state index in [1.165, 1.54) is 0 Å². The van der Waals surface area contributed by atoms with Crippen LogP contribution in [0, 0.1) is 4.77 Å². The first-order valence-corrected chi connectivity index (χ1v) is 3.14. The highest BCUT2D eigenvalue weighted by atomic mass is 32.1. The molecule has 0 bridgehead atoms. The number of hydrogen-bond donors (Lipinski definition) is 3. The number of hydrogen-bond acceptors (Lipinski definition) is 2. The van der Waals surface area contributed by atoms with E-state index in [2.05, 4.69) is 9.97 Å². The number of nitrogens with two attached hydrogens (primary N) is 1. The number of imidazole rings is 1. The molecule has 0 amide bonds. The van der Waals surface area contributed by atoms with Gasteiger partial charge < -0.3 is 15.7 Å². The van der Waals surface area contributed by atoms with E-state index in [0.717, 1.165) is 5.69 Å². The molecule has 1 aromatic heterocycles. The summed E-state index contributed by atoms with van der Waals surface area (Å²) in [4.78, 5) is 5.74. The van der Waals surface area contributed by atoms with Crippen LogP contribution in [0.2, 0.25) is 0 Å². The van der Waals surface area contributed by atoms with E-state index in [-0.39, 0.29) is 6.04 Å². The van der Waals surface area contributed by atoms with Gasteiger partial charge in [0.25, 0.3) is 0 Å². The molecule has 0 aliphatic heterocycles. The van der Waals surface area contributed by atoms with Gasteiger partial charge in [-0.05, 0) is 19.1 Å². The number of aromatic amines is 2.